The number of carbonyl (C=O) groups is 2. The van der Waals surface area contributed by atoms with Crippen LogP contribution in [0, 0.1) is 29.4 Å². The summed E-state index contributed by atoms with van der Waals surface area (Å²) in [6.45, 7) is 7.29. The maximum atomic E-state index is 12.4. The molecular weight excluding hydrogens is 412 g/mol. The molecule has 1 heterocycles. The number of aromatic nitrogens is 2. The van der Waals surface area contributed by atoms with Gasteiger partial charge in [-0.15, -0.1) is 0 Å². The van der Waals surface area contributed by atoms with Gasteiger partial charge < -0.3 is 10.4 Å². The lowest BCUT2D eigenvalue weighted by Crippen LogP contribution is -2.36. The summed E-state index contributed by atoms with van der Waals surface area (Å²) in [7, 11) is 0. The summed E-state index contributed by atoms with van der Waals surface area (Å²) in [5.41, 5.74) is 2.36. The molecule has 0 spiro atoms. The Labute approximate surface area is 186 Å². The molecule has 1 aromatic heterocycles. The van der Waals surface area contributed by atoms with Crippen LogP contribution in [-0.4, -0.2) is 37.7 Å². The number of aryl methyl sites for hydroxylation is 1. The normalized spacial score (nSPS) is 18.0. The van der Waals surface area contributed by atoms with Gasteiger partial charge in [-0.1, -0.05) is 38.1 Å². The van der Waals surface area contributed by atoms with Crippen LogP contribution in [-0.2, 0) is 9.59 Å². The highest BCUT2D eigenvalue weighted by Crippen LogP contribution is 2.35. The molecule has 2 atom stereocenters. The van der Waals surface area contributed by atoms with E-state index in [-0.39, 0.29) is 36.4 Å². The lowest BCUT2D eigenvalue weighted by Gasteiger charge is -2.23. The van der Waals surface area contributed by atoms with Gasteiger partial charge in [0.25, 0.3) is 5.69 Å². The second-order valence-electron chi connectivity index (χ2n) is 9.05. The summed E-state index contributed by atoms with van der Waals surface area (Å²) in [6.07, 6.45) is 4.66. The summed E-state index contributed by atoms with van der Waals surface area (Å²) < 4.78 is 1.61. The van der Waals surface area contributed by atoms with Gasteiger partial charge in [0.05, 0.1) is 17.0 Å². The first-order valence-electron chi connectivity index (χ1n) is 10.5. The third-order valence-corrected chi connectivity index (χ3v) is 5.72. The van der Waals surface area contributed by atoms with Gasteiger partial charge in [0.15, 0.2) is 0 Å². The largest absolute Gasteiger partial charge is 0.481 e. The Bertz CT molecular complexity index is 1090. The molecule has 0 unspecified atom stereocenters. The van der Waals surface area contributed by atoms with E-state index < -0.39 is 16.3 Å². The minimum Gasteiger partial charge on any atom is -0.481 e. The number of carboxylic acids is 1. The monoisotopic (exact) mass is 440 g/mol. The average Bonchev–Trinajstić information content (AvgIpc) is 3.23. The molecule has 0 bridgehead atoms. The number of hydrogen-bond acceptors (Lipinski definition) is 5. The van der Waals surface area contributed by atoms with Crippen molar-refractivity contribution < 1.29 is 19.6 Å². The first kappa shape index (κ1) is 23.2. The van der Waals surface area contributed by atoms with Crippen molar-refractivity contribution in [2.75, 3.05) is 0 Å². The molecule has 0 saturated heterocycles. The SMILES string of the molecule is Cc1nn(-c2ccccc2[N+](=O)[O-])c(C)c1[C@@H]1C=C[C@@H](NC(=O)CC(C)(C)CC(=O)O)C1. The number of allylic oxidation sites excluding steroid dienone is 1. The van der Waals surface area contributed by atoms with E-state index in [0.29, 0.717) is 12.1 Å². The molecule has 0 radical (unpaired) electrons. The molecule has 32 heavy (non-hydrogen) atoms. The first-order valence-corrected chi connectivity index (χ1v) is 10.5. The summed E-state index contributed by atoms with van der Waals surface area (Å²) in [6, 6.07) is 6.33. The van der Waals surface area contributed by atoms with Crippen molar-refractivity contribution in [3.8, 4) is 5.69 Å². The number of aliphatic carboxylic acids is 1. The minimum atomic E-state index is -0.926. The molecule has 3 rings (SSSR count). The van der Waals surface area contributed by atoms with Crippen LogP contribution < -0.4 is 5.32 Å². The Morgan fingerprint density at radius 3 is 2.59 bits per heavy atom. The Morgan fingerprint density at radius 2 is 1.94 bits per heavy atom. The van der Waals surface area contributed by atoms with Crippen LogP contribution in [0.15, 0.2) is 36.4 Å². The smallest absolute Gasteiger partial charge is 0.303 e. The number of nitrogens with one attached hydrogen (secondary N) is 1. The fourth-order valence-electron chi connectivity index (χ4n) is 4.41. The standard InChI is InChI=1S/C23H28N4O5/c1-14-22(15(2)26(25-14)18-7-5-6-8-19(18)27(31)32)16-9-10-17(11-16)24-20(28)12-23(3,4)13-21(29)30/h5-10,16-17H,11-13H2,1-4H3,(H,24,28)(H,29,30)/t16-,17-/m1/s1. The van der Waals surface area contributed by atoms with Gasteiger partial charge >= 0.3 is 5.97 Å². The molecule has 9 nitrogen and oxygen atoms in total. The van der Waals surface area contributed by atoms with E-state index in [0.717, 1.165) is 17.0 Å². The number of amides is 1. The Hall–Kier alpha value is -3.49. The lowest BCUT2D eigenvalue weighted by molar-refractivity contribution is -0.384. The van der Waals surface area contributed by atoms with Gasteiger partial charge in [-0.25, -0.2) is 4.68 Å². The molecule has 1 aliphatic carbocycles. The van der Waals surface area contributed by atoms with Gasteiger partial charge in [0.1, 0.15) is 5.69 Å². The Kier molecular flexibility index (Phi) is 6.47. The number of nitro groups is 1. The van der Waals surface area contributed by atoms with Crippen LogP contribution in [0.5, 0.6) is 0 Å². The number of rotatable bonds is 8. The minimum absolute atomic E-state index is 0.0132. The van der Waals surface area contributed by atoms with E-state index in [9.17, 15) is 19.7 Å². The predicted molar refractivity (Wildman–Crippen MR) is 119 cm³/mol. The highest BCUT2D eigenvalue weighted by molar-refractivity contribution is 5.78. The summed E-state index contributed by atoms with van der Waals surface area (Å²) >= 11 is 0. The molecule has 2 N–H and O–H groups in total. The lowest BCUT2D eigenvalue weighted by atomic mass is 9.85. The zero-order chi connectivity index (χ0) is 23.6. The summed E-state index contributed by atoms with van der Waals surface area (Å²) in [4.78, 5) is 34.4. The third kappa shape index (κ3) is 5.04. The van der Waals surface area contributed by atoms with E-state index in [4.69, 9.17) is 5.11 Å². The predicted octanol–water partition coefficient (Wildman–Crippen LogP) is 3.82. The molecule has 9 heteroatoms. The molecule has 170 valence electrons. The summed E-state index contributed by atoms with van der Waals surface area (Å²) in [5, 5.41) is 28.0. The highest BCUT2D eigenvalue weighted by Gasteiger charge is 2.30. The quantitative estimate of drug-likeness (QED) is 0.365. The number of hydrogen-bond donors (Lipinski definition) is 2. The van der Waals surface area contributed by atoms with E-state index in [1.165, 1.54) is 6.07 Å². The number of nitro benzene ring substituents is 1. The molecule has 0 aliphatic heterocycles. The van der Waals surface area contributed by atoms with Gasteiger partial charge in [-0.3, -0.25) is 19.7 Å². The molecule has 1 aliphatic rings. The van der Waals surface area contributed by atoms with Crippen molar-refractivity contribution in [3.63, 3.8) is 0 Å². The van der Waals surface area contributed by atoms with E-state index in [2.05, 4.69) is 10.4 Å². The number of para-hydroxylation sites is 2. The molecular formula is C23H28N4O5. The van der Waals surface area contributed by atoms with Crippen molar-refractivity contribution in [2.45, 2.75) is 58.9 Å². The Balaban J connectivity index is 1.74. The maximum Gasteiger partial charge on any atom is 0.303 e. The molecule has 0 saturated carbocycles. The molecule has 1 amide bonds. The second-order valence-corrected chi connectivity index (χ2v) is 9.05. The van der Waals surface area contributed by atoms with Crippen LogP contribution in [0.25, 0.3) is 5.69 Å². The van der Waals surface area contributed by atoms with Crippen LogP contribution in [0.1, 0.15) is 56.0 Å². The zero-order valence-corrected chi connectivity index (χ0v) is 18.7. The van der Waals surface area contributed by atoms with E-state index >= 15 is 0 Å². The van der Waals surface area contributed by atoms with Crippen molar-refractivity contribution in [1.82, 2.24) is 15.1 Å². The second kappa shape index (κ2) is 8.94. The fraction of sp³-hybridized carbons (Fsp3) is 0.435. The molecule has 0 fully saturated rings. The van der Waals surface area contributed by atoms with E-state index in [1.807, 2.05) is 26.0 Å². The molecule has 2 aromatic rings. The van der Waals surface area contributed by atoms with Crippen LogP contribution in [0.3, 0.4) is 0 Å². The topological polar surface area (TPSA) is 127 Å². The van der Waals surface area contributed by atoms with Gasteiger partial charge in [-0.05, 0) is 31.7 Å². The van der Waals surface area contributed by atoms with Crippen molar-refractivity contribution in [1.29, 1.82) is 0 Å². The van der Waals surface area contributed by atoms with Gasteiger partial charge in [0.2, 0.25) is 5.91 Å². The number of carboxylic acid groups (broad SMARTS) is 1. The van der Waals surface area contributed by atoms with Gasteiger partial charge in [-0.2, -0.15) is 5.10 Å². The average molecular weight is 441 g/mol. The van der Waals surface area contributed by atoms with Crippen molar-refractivity contribution in [2.24, 2.45) is 5.41 Å². The first-order chi connectivity index (χ1) is 15.0. The van der Waals surface area contributed by atoms with Crippen molar-refractivity contribution in [3.05, 3.63) is 63.5 Å². The Morgan fingerprint density at radius 1 is 1.25 bits per heavy atom. The van der Waals surface area contributed by atoms with Gasteiger partial charge in [0, 0.05) is 35.7 Å². The molecule has 1 aromatic carbocycles. The van der Waals surface area contributed by atoms with Crippen LogP contribution >= 0.6 is 0 Å². The summed E-state index contributed by atoms with van der Waals surface area (Å²) in [5.74, 6) is -1.09. The third-order valence-electron chi connectivity index (χ3n) is 5.72. The zero-order valence-electron chi connectivity index (χ0n) is 18.7. The highest BCUT2D eigenvalue weighted by atomic mass is 16.6. The van der Waals surface area contributed by atoms with Crippen LogP contribution in [0.2, 0.25) is 0 Å². The number of nitrogens with zero attached hydrogens (tertiary/aromatic N) is 3. The fourth-order valence-corrected chi connectivity index (χ4v) is 4.41. The van der Waals surface area contributed by atoms with E-state index in [1.54, 1.807) is 36.7 Å². The van der Waals surface area contributed by atoms with Crippen molar-refractivity contribution >= 4 is 17.6 Å². The van der Waals surface area contributed by atoms with Crippen LogP contribution in [0.4, 0.5) is 5.69 Å². The number of carbonyl (C=O) groups excluding carboxylic acids is 1. The maximum absolute atomic E-state index is 12.4. The number of benzene rings is 1.